The molecule has 1 aromatic heterocycles. The van der Waals surface area contributed by atoms with Crippen molar-refractivity contribution in [2.24, 2.45) is 0 Å². The number of rotatable bonds is 8. The number of hydrogen-bond acceptors (Lipinski definition) is 6. The van der Waals surface area contributed by atoms with Crippen molar-refractivity contribution in [2.45, 2.75) is 19.8 Å². The largest absolute Gasteiger partial charge is 0.333 e. The van der Waals surface area contributed by atoms with Crippen LogP contribution in [0.2, 0.25) is 0 Å². The normalized spacial score (nSPS) is 11.1. The van der Waals surface area contributed by atoms with Gasteiger partial charge in [0.25, 0.3) is 6.48 Å². The van der Waals surface area contributed by atoms with E-state index in [1.54, 1.807) is 11.3 Å². The zero-order valence-electron chi connectivity index (χ0n) is 12.9. The number of carbonyl (C=O) groups is 1. The van der Waals surface area contributed by atoms with E-state index in [-0.39, 0.29) is 18.8 Å². The van der Waals surface area contributed by atoms with Crippen LogP contribution in [0.25, 0.3) is 10.4 Å². The molecule has 22 heavy (non-hydrogen) atoms. The maximum atomic E-state index is 12.1. The monoisotopic (exact) mass is 321 g/mol. The van der Waals surface area contributed by atoms with Crippen LogP contribution in [0.4, 0.5) is 0 Å². The van der Waals surface area contributed by atoms with Gasteiger partial charge >= 0.3 is 0 Å². The van der Waals surface area contributed by atoms with Crippen molar-refractivity contribution >= 4 is 17.1 Å². The number of thiazole rings is 1. The Kier molecular flexibility index (Phi) is 6.21. The fraction of sp³-hybridized carbons (Fsp3) is 0.375. The van der Waals surface area contributed by atoms with Gasteiger partial charge in [0.15, 0.2) is 5.78 Å². The maximum absolute atomic E-state index is 12.1. The Labute approximate surface area is 133 Å². The van der Waals surface area contributed by atoms with Crippen LogP contribution in [-0.4, -0.2) is 38.1 Å². The molecule has 0 bridgehead atoms. The van der Waals surface area contributed by atoms with Crippen LogP contribution in [0, 0.1) is 6.92 Å². The lowest BCUT2D eigenvalue weighted by atomic mass is 10.1. The van der Waals surface area contributed by atoms with Gasteiger partial charge in [-0.25, -0.2) is 4.98 Å². The molecule has 2 rings (SSSR count). The lowest BCUT2D eigenvalue weighted by Crippen LogP contribution is -2.19. The summed E-state index contributed by atoms with van der Waals surface area (Å²) in [4.78, 5) is 17.5. The fourth-order valence-electron chi connectivity index (χ4n) is 2.01. The van der Waals surface area contributed by atoms with Crippen molar-refractivity contribution in [1.82, 2.24) is 4.98 Å². The van der Waals surface area contributed by atoms with Gasteiger partial charge in [-0.15, -0.1) is 11.3 Å². The van der Waals surface area contributed by atoms with Crippen molar-refractivity contribution < 1.29 is 19.0 Å². The number of ketones is 1. The SMILES string of the molecule is COC(OC)OCCC(=O)c1ccc(-c2scnc2C)cc1. The highest BCUT2D eigenvalue weighted by molar-refractivity contribution is 7.13. The molecule has 6 heteroatoms. The van der Waals surface area contributed by atoms with E-state index in [0.717, 1.165) is 16.1 Å². The molecule has 1 aromatic carbocycles. The van der Waals surface area contributed by atoms with Crippen LogP contribution in [0.15, 0.2) is 29.8 Å². The van der Waals surface area contributed by atoms with E-state index < -0.39 is 6.48 Å². The average molecular weight is 321 g/mol. The van der Waals surface area contributed by atoms with Crippen molar-refractivity contribution in [1.29, 1.82) is 0 Å². The Morgan fingerprint density at radius 1 is 1.23 bits per heavy atom. The molecule has 0 unspecified atom stereocenters. The molecule has 0 radical (unpaired) electrons. The minimum Gasteiger partial charge on any atom is -0.333 e. The zero-order valence-corrected chi connectivity index (χ0v) is 13.7. The molecule has 0 N–H and O–H groups in total. The summed E-state index contributed by atoms with van der Waals surface area (Å²) in [6, 6.07) is 7.56. The smallest absolute Gasteiger partial charge is 0.271 e. The van der Waals surface area contributed by atoms with E-state index in [1.165, 1.54) is 14.2 Å². The number of benzene rings is 1. The number of aromatic nitrogens is 1. The number of nitrogens with zero attached hydrogens (tertiary/aromatic N) is 1. The predicted octanol–water partition coefficient (Wildman–Crippen LogP) is 3.28. The molecule has 0 atom stereocenters. The molecule has 0 saturated heterocycles. The van der Waals surface area contributed by atoms with Crippen LogP contribution >= 0.6 is 11.3 Å². The molecule has 118 valence electrons. The van der Waals surface area contributed by atoms with Gasteiger partial charge in [0, 0.05) is 26.2 Å². The highest BCUT2D eigenvalue weighted by atomic mass is 32.1. The molecule has 1 heterocycles. The van der Waals surface area contributed by atoms with E-state index in [0.29, 0.717) is 5.56 Å². The molecular weight excluding hydrogens is 302 g/mol. The minimum absolute atomic E-state index is 0.0264. The van der Waals surface area contributed by atoms with Crippen molar-refractivity contribution in [3.05, 3.63) is 41.0 Å². The van der Waals surface area contributed by atoms with Crippen LogP contribution in [0.1, 0.15) is 22.5 Å². The summed E-state index contributed by atoms with van der Waals surface area (Å²) in [7, 11) is 2.96. The van der Waals surface area contributed by atoms with E-state index in [2.05, 4.69) is 4.98 Å². The van der Waals surface area contributed by atoms with E-state index in [9.17, 15) is 4.79 Å². The quantitative estimate of drug-likeness (QED) is 0.551. The maximum Gasteiger partial charge on any atom is 0.271 e. The molecule has 0 fully saturated rings. The molecule has 0 saturated carbocycles. The number of ether oxygens (including phenoxy) is 3. The zero-order chi connectivity index (χ0) is 15.9. The molecule has 5 nitrogen and oxygen atoms in total. The lowest BCUT2D eigenvalue weighted by Gasteiger charge is -2.13. The first-order valence-electron chi connectivity index (χ1n) is 6.86. The second-order valence-corrected chi connectivity index (χ2v) is 5.50. The Morgan fingerprint density at radius 3 is 2.45 bits per heavy atom. The summed E-state index contributed by atoms with van der Waals surface area (Å²) in [5, 5.41) is 0. The molecule has 0 aliphatic rings. The minimum atomic E-state index is -0.732. The van der Waals surface area contributed by atoms with Crippen molar-refractivity contribution in [3.8, 4) is 10.4 Å². The van der Waals surface area contributed by atoms with Gasteiger partial charge in [0.1, 0.15) is 0 Å². The molecule has 0 aliphatic heterocycles. The van der Waals surface area contributed by atoms with E-state index in [4.69, 9.17) is 14.2 Å². The van der Waals surface area contributed by atoms with Gasteiger partial charge in [-0.3, -0.25) is 4.79 Å². The van der Waals surface area contributed by atoms with Crippen molar-refractivity contribution in [3.63, 3.8) is 0 Å². The van der Waals surface area contributed by atoms with Gasteiger partial charge in [0.2, 0.25) is 0 Å². The van der Waals surface area contributed by atoms with Gasteiger partial charge < -0.3 is 14.2 Å². The summed E-state index contributed by atoms with van der Waals surface area (Å²) in [5.74, 6) is 0.0264. The molecule has 2 aromatic rings. The number of carbonyl (C=O) groups excluding carboxylic acids is 1. The predicted molar refractivity (Wildman–Crippen MR) is 85.0 cm³/mol. The Bertz CT molecular complexity index is 605. The van der Waals surface area contributed by atoms with Gasteiger partial charge in [-0.1, -0.05) is 24.3 Å². The number of methoxy groups -OCH3 is 2. The second-order valence-electron chi connectivity index (χ2n) is 4.65. The summed E-state index contributed by atoms with van der Waals surface area (Å²) in [6.07, 6.45) is 0.280. The third-order valence-electron chi connectivity index (χ3n) is 3.18. The van der Waals surface area contributed by atoms with Crippen LogP contribution in [0.3, 0.4) is 0 Å². The lowest BCUT2D eigenvalue weighted by molar-refractivity contribution is -0.264. The third-order valence-corrected chi connectivity index (χ3v) is 4.16. The summed E-state index contributed by atoms with van der Waals surface area (Å²) in [5.41, 5.74) is 4.57. The molecule has 0 spiro atoms. The van der Waals surface area contributed by atoms with Gasteiger partial charge in [-0.2, -0.15) is 0 Å². The number of aryl methyl sites for hydroxylation is 1. The average Bonchev–Trinajstić information content (AvgIpc) is 2.97. The van der Waals surface area contributed by atoms with Gasteiger partial charge in [-0.05, 0) is 12.5 Å². The molecular formula is C16H19NO4S. The van der Waals surface area contributed by atoms with Crippen LogP contribution < -0.4 is 0 Å². The topological polar surface area (TPSA) is 57.7 Å². The summed E-state index contributed by atoms with van der Waals surface area (Å²) >= 11 is 1.60. The molecule has 0 amide bonds. The standard InChI is InChI=1S/C16H19NO4S/c1-11-15(22-10-17-11)13-6-4-12(5-7-13)14(18)8-9-21-16(19-2)20-3/h4-7,10,16H,8-9H2,1-3H3. The number of Topliss-reactive ketones (excluding diaryl/α,β-unsaturated/α-hetero) is 1. The first-order valence-corrected chi connectivity index (χ1v) is 7.74. The highest BCUT2D eigenvalue weighted by Gasteiger charge is 2.10. The van der Waals surface area contributed by atoms with Crippen LogP contribution in [-0.2, 0) is 14.2 Å². The Hall–Kier alpha value is -1.60. The summed E-state index contributed by atoms with van der Waals surface area (Å²) in [6.45, 7) is 1.50. The first kappa shape index (κ1) is 16.8. The number of hydrogen-bond donors (Lipinski definition) is 0. The van der Waals surface area contributed by atoms with Gasteiger partial charge in [0.05, 0.1) is 22.7 Å². The van der Waals surface area contributed by atoms with E-state index >= 15 is 0 Å². The molecule has 0 aliphatic carbocycles. The van der Waals surface area contributed by atoms with Crippen molar-refractivity contribution in [2.75, 3.05) is 20.8 Å². The second kappa shape index (κ2) is 8.14. The summed E-state index contributed by atoms with van der Waals surface area (Å²) < 4.78 is 15.0. The fourth-order valence-corrected chi connectivity index (χ4v) is 2.82. The van der Waals surface area contributed by atoms with E-state index in [1.807, 2.05) is 36.7 Å². The first-order chi connectivity index (χ1) is 10.7. The third kappa shape index (κ3) is 4.20. The Balaban J connectivity index is 1.93. The highest BCUT2D eigenvalue weighted by Crippen LogP contribution is 2.27. The van der Waals surface area contributed by atoms with Crippen LogP contribution in [0.5, 0.6) is 0 Å². The Morgan fingerprint density at radius 2 is 1.91 bits per heavy atom.